The van der Waals surface area contributed by atoms with E-state index < -0.39 is 0 Å². The summed E-state index contributed by atoms with van der Waals surface area (Å²) in [6.07, 6.45) is 0.727. The Kier molecular flexibility index (Phi) is 5.31. The van der Waals surface area contributed by atoms with Gasteiger partial charge in [0, 0.05) is 10.5 Å². The summed E-state index contributed by atoms with van der Waals surface area (Å²) in [5.74, 6) is 1.48. The van der Waals surface area contributed by atoms with E-state index >= 15 is 0 Å². The lowest BCUT2D eigenvalue weighted by Gasteiger charge is -2.15. The Balaban J connectivity index is 2.39. The second-order valence-electron chi connectivity index (χ2n) is 5.38. The van der Waals surface area contributed by atoms with E-state index in [9.17, 15) is 0 Å². The number of rotatable bonds is 4. The molecule has 0 aliphatic heterocycles. The van der Waals surface area contributed by atoms with Gasteiger partial charge in [-0.1, -0.05) is 39.7 Å². The third-order valence-electron chi connectivity index (χ3n) is 3.22. The molecule has 0 radical (unpaired) electrons. The third-order valence-corrected chi connectivity index (χ3v) is 4.77. The Bertz CT molecular complexity index is 632. The van der Waals surface area contributed by atoms with Crippen molar-refractivity contribution in [2.24, 2.45) is 5.73 Å². The van der Waals surface area contributed by atoms with Crippen molar-refractivity contribution in [3.05, 3.63) is 56.5 Å². The summed E-state index contributed by atoms with van der Waals surface area (Å²) in [7, 11) is 0. The highest BCUT2D eigenvalue weighted by Crippen LogP contribution is 2.35. The second-order valence-corrected chi connectivity index (χ2v) is 6.58. The van der Waals surface area contributed by atoms with Gasteiger partial charge in [-0.15, -0.1) is 0 Å². The van der Waals surface area contributed by atoms with E-state index in [4.69, 9.17) is 22.1 Å². The Morgan fingerprint density at radius 3 is 2.43 bits per heavy atom. The van der Waals surface area contributed by atoms with Crippen molar-refractivity contribution in [2.45, 2.75) is 33.2 Å². The quantitative estimate of drug-likeness (QED) is 0.784. The smallest absolute Gasteiger partial charge is 0.149 e. The molecule has 0 aromatic heterocycles. The first-order chi connectivity index (χ1) is 9.88. The molecule has 0 spiro atoms. The predicted molar refractivity (Wildman–Crippen MR) is 92.5 cm³/mol. The molecule has 2 nitrogen and oxygen atoms in total. The van der Waals surface area contributed by atoms with Crippen LogP contribution >= 0.6 is 27.5 Å². The lowest BCUT2D eigenvalue weighted by Crippen LogP contribution is -2.18. The van der Waals surface area contributed by atoms with Gasteiger partial charge < -0.3 is 10.5 Å². The fourth-order valence-corrected chi connectivity index (χ4v) is 2.72. The zero-order chi connectivity index (χ0) is 15.6. The van der Waals surface area contributed by atoms with Gasteiger partial charge in [-0.3, -0.25) is 0 Å². The van der Waals surface area contributed by atoms with Crippen LogP contribution in [0, 0.1) is 13.8 Å². The monoisotopic (exact) mass is 367 g/mol. The lowest BCUT2D eigenvalue weighted by atomic mass is 10.1. The van der Waals surface area contributed by atoms with Crippen LogP contribution in [-0.2, 0) is 6.42 Å². The molecule has 4 heteroatoms. The maximum absolute atomic E-state index is 6.30. The molecule has 1 unspecified atom stereocenters. The first-order valence-electron chi connectivity index (χ1n) is 6.86. The van der Waals surface area contributed by atoms with Crippen LogP contribution in [0.4, 0.5) is 0 Å². The van der Waals surface area contributed by atoms with E-state index in [0.29, 0.717) is 10.8 Å². The molecule has 0 fully saturated rings. The van der Waals surface area contributed by atoms with Crippen molar-refractivity contribution >= 4 is 27.5 Å². The average molecular weight is 369 g/mol. The first-order valence-corrected chi connectivity index (χ1v) is 8.03. The van der Waals surface area contributed by atoms with Crippen LogP contribution in [0.2, 0.25) is 5.02 Å². The van der Waals surface area contributed by atoms with Gasteiger partial charge in [0.15, 0.2) is 0 Å². The second kappa shape index (κ2) is 6.82. The molecule has 2 aromatic carbocycles. The summed E-state index contributed by atoms with van der Waals surface area (Å²) < 4.78 is 7.15. The molecule has 0 bridgehead atoms. The first kappa shape index (κ1) is 16.3. The van der Waals surface area contributed by atoms with Crippen LogP contribution < -0.4 is 10.5 Å². The molecule has 0 aliphatic carbocycles. The molecule has 1 atom stereocenters. The van der Waals surface area contributed by atoms with E-state index in [1.54, 1.807) is 0 Å². The van der Waals surface area contributed by atoms with Gasteiger partial charge in [-0.2, -0.15) is 0 Å². The summed E-state index contributed by atoms with van der Waals surface area (Å²) in [5.41, 5.74) is 9.18. The van der Waals surface area contributed by atoms with E-state index in [1.807, 2.05) is 51.1 Å². The molecule has 2 rings (SSSR count). The number of para-hydroxylation sites is 1. The Labute approximate surface area is 139 Å². The highest BCUT2D eigenvalue weighted by atomic mass is 79.9. The number of aryl methyl sites for hydroxylation is 2. The predicted octanol–water partition coefficient (Wildman–Crippen LogP) is 5.40. The molecule has 2 N–H and O–H groups in total. The van der Waals surface area contributed by atoms with Crippen LogP contribution in [0.25, 0.3) is 0 Å². The molecule has 0 saturated carbocycles. The van der Waals surface area contributed by atoms with Crippen molar-refractivity contribution in [2.75, 3.05) is 0 Å². The van der Waals surface area contributed by atoms with E-state index in [2.05, 4.69) is 15.9 Å². The zero-order valence-electron chi connectivity index (χ0n) is 12.4. The molecule has 0 amide bonds. The molecular formula is C17H19BrClNO. The Morgan fingerprint density at radius 1 is 1.24 bits per heavy atom. The Hall–Kier alpha value is -1.03. The number of halogens is 2. The van der Waals surface area contributed by atoms with E-state index in [-0.39, 0.29) is 6.04 Å². The number of benzene rings is 2. The zero-order valence-corrected chi connectivity index (χ0v) is 14.8. The summed E-state index contributed by atoms with van der Waals surface area (Å²) in [6.45, 7) is 6.05. The van der Waals surface area contributed by atoms with E-state index in [0.717, 1.165) is 33.3 Å². The van der Waals surface area contributed by atoms with Crippen molar-refractivity contribution < 1.29 is 4.74 Å². The average Bonchev–Trinajstić information content (AvgIpc) is 2.39. The molecule has 0 aliphatic rings. The molecule has 0 heterocycles. The van der Waals surface area contributed by atoms with E-state index in [1.165, 1.54) is 0 Å². The normalized spacial score (nSPS) is 12.3. The lowest BCUT2D eigenvalue weighted by molar-refractivity contribution is 0.473. The van der Waals surface area contributed by atoms with Crippen molar-refractivity contribution in [3.63, 3.8) is 0 Å². The fourth-order valence-electron chi connectivity index (χ4n) is 2.26. The number of ether oxygens (including phenoxy) is 1. The summed E-state index contributed by atoms with van der Waals surface area (Å²) in [5, 5.41) is 0.603. The molecule has 0 saturated heterocycles. The highest BCUT2D eigenvalue weighted by molar-refractivity contribution is 9.10. The van der Waals surface area contributed by atoms with Crippen LogP contribution in [0.1, 0.15) is 23.6 Å². The standard InChI is InChI=1S/C17H19BrClNO/c1-10-7-14(8-11(2)16(10)18)21-17-13(9-12(3)20)5-4-6-15(17)19/h4-8,12H,9,20H2,1-3H3. The summed E-state index contributed by atoms with van der Waals surface area (Å²) in [4.78, 5) is 0. The van der Waals surface area contributed by atoms with Gasteiger partial charge in [0.1, 0.15) is 11.5 Å². The number of hydrogen-bond donors (Lipinski definition) is 1. The van der Waals surface area contributed by atoms with Crippen molar-refractivity contribution in [3.8, 4) is 11.5 Å². The van der Waals surface area contributed by atoms with Crippen molar-refractivity contribution in [1.82, 2.24) is 0 Å². The SMILES string of the molecule is Cc1cc(Oc2c(Cl)cccc2CC(C)N)cc(C)c1Br. The van der Waals surface area contributed by atoms with Gasteiger partial charge in [-0.25, -0.2) is 0 Å². The van der Waals surface area contributed by atoms with Crippen LogP contribution in [0.3, 0.4) is 0 Å². The minimum absolute atomic E-state index is 0.0548. The van der Waals surface area contributed by atoms with Crippen LogP contribution in [0.15, 0.2) is 34.8 Å². The van der Waals surface area contributed by atoms with Gasteiger partial charge in [0.2, 0.25) is 0 Å². The molecule has 2 aromatic rings. The maximum atomic E-state index is 6.30. The topological polar surface area (TPSA) is 35.2 Å². The largest absolute Gasteiger partial charge is 0.455 e. The van der Waals surface area contributed by atoms with Gasteiger partial charge >= 0.3 is 0 Å². The maximum Gasteiger partial charge on any atom is 0.149 e. The summed E-state index contributed by atoms with van der Waals surface area (Å²) >= 11 is 9.86. The van der Waals surface area contributed by atoms with Gasteiger partial charge in [-0.05, 0) is 62.1 Å². The molecular weight excluding hydrogens is 350 g/mol. The van der Waals surface area contributed by atoms with Gasteiger partial charge in [0.05, 0.1) is 5.02 Å². The van der Waals surface area contributed by atoms with Crippen LogP contribution in [0.5, 0.6) is 11.5 Å². The highest BCUT2D eigenvalue weighted by Gasteiger charge is 2.12. The minimum atomic E-state index is 0.0548. The van der Waals surface area contributed by atoms with Crippen molar-refractivity contribution in [1.29, 1.82) is 0 Å². The number of nitrogens with two attached hydrogens (primary N) is 1. The molecule has 112 valence electrons. The minimum Gasteiger partial charge on any atom is -0.455 e. The van der Waals surface area contributed by atoms with Crippen LogP contribution in [-0.4, -0.2) is 6.04 Å². The number of hydrogen-bond acceptors (Lipinski definition) is 2. The Morgan fingerprint density at radius 2 is 1.86 bits per heavy atom. The third kappa shape index (κ3) is 4.00. The molecule has 21 heavy (non-hydrogen) atoms. The summed E-state index contributed by atoms with van der Waals surface area (Å²) in [6, 6.07) is 9.81. The van der Waals surface area contributed by atoms with Gasteiger partial charge in [0.25, 0.3) is 0 Å². The fraction of sp³-hybridized carbons (Fsp3) is 0.294.